The third-order valence-corrected chi connectivity index (χ3v) is 8.53. The number of carbonyl (C=O) groups is 2. The second-order valence-corrected chi connectivity index (χ2v) is 14.1. The molecule has 5 rings (SSSR count). The molecule has 3 aromatic heterocycles. The van der Waals surface area contributed by atoms with Gasteiger partial charge in [0.25, 0.3) is 0 Å². The number of nitrogens with zero attached hydrogens (tertiary/aromatic N) is 6. The standard InChI is InChI=1S/C33H45N7O4/c1-31(2,3)43-29(41)38(7)23-10-9-22(19-35-23)24-25-27(34)36-20-37-28(25)39(8)26(24)21-11-13-33(14-12-21)15-17-40(18-16-33)30(42)44-32(4,5)6/h9-11,19-20H,12-18H2,1-8H3,(H2,34,36,37). The van der Waals surface area contributed by atoms with Gasteiger partial charge in [0.15, 0.2) is 0 Å². The summed E-state index contributed by atoms with van der Waals surface area (Å²) in [5.41, 5.74) is 10.3. The molecule has 0 bridgehead atoms. The molecule has 1 aliphatic heterocycles. The van der Waals surface area contributed by atoms with Crippen LogP contribution >= 0.6 is 0 Å². The van der Waals surface area contributed by atoms with Gasteiger partial charge in [-0.1, -0.05) is 6.08 Å². The molecule has 3 aromatic rings. The Hall–Kier alpha value is -4.15. The highest BCUT2D eigenvalue weighted by atomic mass is 16.6. The third-order valence-electron chi connectivity index (χ3n) is 8.53. The first-order valence-electron chi connectivity index (χ1n) is 15.3. The molecule has 2 N–H and O–H groups in total. The highest BCUT2D eigenvalue weighted by Crippen LogP contribution is 2.48. The molecule has 0 unspecified atom stereocenters. The number of aromatic nitrogens is 4. The van der Waals surface area contributed by atoms with Gasteiger partial charge in [0.05, 0.1) is 11.1 Å². The number of piperidine rings is 1. The van der Waals surface area contributed by atoms with Gasteiger partial charge < -0.3 is 24.7 Å². The molecule has 0 radical (unpaired) electrons. The molecular formula is C33H45N7O4. The first-order chi connectivity index (χ1) is 20.6. The molecule has 2 aliphatic rings. The summed E-state index contributed by atoms with van der Waals surface area (Å²) in [6.07, 6.45) is 9.67. The van der Waals surface area contributed by atoms with E-state index in [1.165, 1.54) is 16.8 Å². The number of pyridine rings is 1. The lowest BCUT2D eigenvalue weighted by molar-refractivity contribution is 0.00893. The second-order valence-electron chi connectivity index (χ2n) is 14.1. The van der Waals surface area contributed by atoms with Crippen molar-refractivity contribution in [2.24, 2.45) is 12.5 Å². The Balaban J connectivity index is 1.43. The van der Waals surface area contributed by atoms with Crippen LogP contribution in [-0.2, 0) is 16.5 Å². The van der Waals surface area contributed by atoms with Crippen molar-refractivity contribution in [2.45, 2.75) is 84.8 Å². The van der Waals surface area contributed by atoms with Crippen LogP contribution in [0.5, 0.6) is 0 Å². The molecule has 1 fully saturated rings. The number of rotatable bonds is 3. The van der Waals surface area contributed by atoms with Gasteiger partial charge in [-0.25, -0.2) is 24.5 Å². The van der Waals surface area contributed by atoms with Gasteiger partial charge in [0.2, 0.25) is 0 Å². The van der Waals surface area contributed by atoms with Crippen molar-refractivity contribution in [3.05, 3.63) is 36.4 Å². The largest absolute Gasteiger partial charge is 0.444 e. The van der Waals surface area contributed by atoms with E-state index in [4.69, 9.17) is 15.2 Å². The number of anilines is 2. The predicted molar refractivity (Wildman–Crippen MR) is 172 cm³/mol. The summed E-state index contributed by atoms with van der Waals surface area (Å²) in [4.78, 5) is 42.0. The van der Waals surface area contributed by atoms with Crippen LogP contribution in [0.25, 0.3) is 27.7 Å². The molecule has 11 nitrogen and oxygen atoms in total. The zero-order chi connectivity index (χ0) is 32.0. The summed E-state index contributed by atoms with van der Waals surface area (Å²) in [5.74, 6) is 0.884. The summed E-state index contributed by atoms with van der Waals surface area (Å²) >= 11 is 0. The van der Waals surface area contributed by atoms with E-state index >= 15 is 0 Å². The highest BCUT2D eigenvalue weighted by molar-refractivity contribution is 6.06. The van der Waals surface area contributed by atoms with Crippen molar-refractivity contribution in [1.29, 1.82) is 0 Å². The minimum Gasteiger partial charge on any atom is -0.444 e. The van der Waals surface area contributed by atoms with Gasteiger partial charge in [0, 0.05) is 44.5 Å². The van der Waals surface area contributed by atoms with Crippen LogP contribution in [-0.4, -0.2) is 67.9 Å². The van der Waals surface area contributed by atoms with Crippen molar-refractivity contribution in [1.82, 2.24) is 24.4 Å². The summed E-state index contributed by atoms with van der Waals surface area (Å²) in [6.45, 7) is 12.6. The Bertz CT molecular complexity index is 1590. The van der Waals surface area contributed by atoms with Crippen molar-refractivity contribution in [3.63, 3.8) is 0 Å². The van der Waals surface area contributed by atoms with Gasteiger partial charge >= 0.3 is 12.2 Å². The Morgan fingerprint density at radius 2 is 1.66 bits per heavy atom. The zero-order valence-corrected chi connectivity index (χ0v) is 27.2. The number of amides is 2. The molecule has 4 heterocycles. The Kier molecular flexibility index (Phi) is 8.11. The molecule has 1 aliphatic carbocycles. The number of aryl methyl sites for hydroxylation is 1. The fraction of sp³-hybridized carbons (Fsp3) is 0.545. The van der Waals surface area contributed by atoms with Crippen molar-refractivity contribution < 1.29 is 19.1 Å². The summed E-state index contributed by atoms with van der Waals surface area (Å²) < 4.78 is 13.2. The average molecular weight is 604 g/mol. The maximum absolute atomic E-state index is 12.6. The number of carbonyl (C=O) groups excluding carboxylic acids is 2. The quantitative estimate of drug-likeness (QED) is 0.356. The highest BCUT2D eigenvalue weighted by Gasteiger charge is 2.39. The van der Waals surface area contributed by atoms with Gasteiger partial charge in [-0.05, 0) is 96.8 Å². The summed E-state index contributed by atoms with van der Waals surface area (Å²) in [6, 6.07) is 3.76. The van der Waals surface area contributed by atoms with Gasteiger partial charge in [-0.2, -0.15) is 0 Å². The molecule has 1 spiro atoms. The molecule has 44 heavy (non-hydrogen) atoms. The van der Waals surface area contributed by atoms with Crippen LogP contribution < -0.4 is 10.6 Å². The Morgan fingerprint density at radius 3 is 2.23 bits per heavy atom. The van der Waals surface area contributed by atoms with Crippen molar-refractivity contribution in [3.8, 4) is 11.1 Å². The van der Waals surface area contributed by atoms with Crippen LogP contribution in [0.4, 0.5) is 21.2 Å². The topological polar surface area (TPSA) is 129 Å². The lowest BCUT2D eigenvalue weighted by atomic mass is 9.68. The van der Waals surface area contributed by atoms with Crippen LogP contribution in [0.2, 0.25) is 0 Å². The van der Waals surface area contributed by atoms with E-state index in [9.17, 15) is 9.59 Å². The van der Waals surface area contributed by atoms with E-state index in [1.807, 2.05) is 65.6 Å². The molecule has 0 aromatic carbocycles. The van der Waals surface area contributed by atoms with E-state index in [0.717, 1.165) is 60.0 Å². The van der Waals surface area contributed by atoms with E-state index in [1.54, 1.807) is 13.2 Å². The monoisotopic (exact) mass is 603 g/mol. The number of hydrogen-bond acceptors (Lipinski definition) is 8. The van der Waals surface area contributed by atoms with Crippen molar-refractivity contribution in [2.75, 3.05) is 30.8 Å². The lowest BCUT2D eigenvalue weighted by Crippen LogP contribution is -2.45. The first kappa shape index (κ1) is 31.3. The number of allylic oxidation sites excluding steroid dienone is 2. The number of nitrogen functional groups attached to an aromatic ring is 1. The second kappa shape index (κ2) is 11.4. The van der Waals surface area contributed by atoms with E-state index < -0.39 is 17.3 Å². The van der Waals surface area contributed by atoms with Gasteiger partial charge in [-0.3, -0.25) is 4.90 Å². The minimum absolute atomic E-state index is 0.168. The van der Waals surface area contributed by atoms with E-state index in [0.29, 0.717) is 24.7 Å². The summed E-state index contributed by atoms with van der Waals surface area (Å²) in [5, 5.41) is 0.784. The minimum atomic E-state index is -0.609. The molecule has 236 valence electrons. The van der Waals surface area contributed by atoms with Gasteiger partial charge in [0.1, 0.15) is 34.8 Å². The Morgan fingerprint density at radius 1 is 0.977 bits per heavy atom. The maximum atomic E-state index is 12.6. The summed E-state index contributed by atoms with van der Waals surface area (Å²) in [7, 11) is 3.65. The molecule has 0 saturated carbocycles. The fourth-order valence-corrected chi connectivity index (χ4v) is 6.19. The predicted octanol–water partition coefficient (Wildman–Crippen LogP) is 6.57. The molecular weight excluding hydrogens is 558 g/mol. The van der Waals surface area contributed by atoms with Crippen LogP contribution in [0.3, 0.4) is 0 Å². The molecule has 11 heteroatoms. The van der Waals surface area contributed by atoms with Crippen LogP contribution in [0.1, 0.15) is 79.3 Å². The normalized spacial score (nSPS) is 17.0. The van der Waals surface area contributed by atoms with E-state index in [2.05, 4.69) is 25.6 Å². The fourth-order valence-electron chi connectivity index (χ4n) is 6.19. The maximum Gasteiger partial charge on any atom is 0.415 e. The number of ether oxygens (including phenoxy) is 2. The number of likely N-dealkylation sites (tertiary alicyclic amines) is 1. The van der Waals surface area contributed by atoms with Gasteiger partial charge in [-0.15, -0.1) is 0 Å². The van der Waals surface area contributed by atoms with Crippen LogP contribution in [0.15, 0.2) is 30.7 Å². The molecule has 1 saturated heterocycles. The number of fused-ring (bicyclic) bond motifs is 1. The average Bonchev–Trinajstić information content (AvgIpc) is 3.25. The number of nitrogens with two attached hydrogens (primary N) is 1. The SMILES string of the molecule is CN(C(=O)OC(C)(C)C)c1ccc(-c2c(C3=CCC4(CC3)CCN(C(=O)OC(C)(C)C)CC4)n(C)c3ncnc(N)c23)cn1. The van der Waals surface area contributed by atoms with Crippen molar-refractivity contribution >= 4 is 40.4 Å². The zero-order valence-electron chi connectivity index (χ0n) is 27.2. The molecule has 2 amide bonds. The lowest BCUT2D eigenvalue weighted by Gasteiger charge is -2.43. The Labute approximate surface area is 259 Å². The van der Waals surface area contributed by atoms with E-state index in [-0.39, 0.29) is 11.5 Å². The third kappa shape index (κ3) is 6.37. The van der Waals surface area contributed by atoms with Crippen LogP contribution in [0, 0.1) is 5.41 Å². The first-order valence-corrected chi connectivity index (χ1v) is 15.3. The number of hydrogen-bond donors (Lipinski definition) is 1. The molecule has 0 atom stereocenters. The smallest absolute Gasteiger partial charge is 0.415 e.